The first-order valence-electron chi connectivity index (χ1n) is 8.48. The maximum atomic E-state index is 12.6. The molecule has 3 aromatic rings. The number of aromatic nitrogens is 5. The number of hydrogen-bond acceptors (Lipinski definition) is 9. The predicted octanol–water partition coefficient (Wildman–Crippen LogP) is 2.59. The van der Waals surface area contributed by atoms with Crippen LogP contribution in [0.15, 0.2) is 42.1 Å². The summed E-state index contributed by atoms with van der Waals surface area (Å²) < 4.78 is 5.06. The third-order valence-electron chi connectivity index (χ3n) is 3.74. The van der Waals surface area contributed by atoms with Gasteiger partial charge < -0.3 is 15.4 Å². The van der Waals surface area contributed by atoms with Crippen LogP contribution >= 0.6 is 23.4 Å². The number of hydrogen-bond donors (Lipinski definition) is 2. The number of thioether (sulfide) groups is 1. The van der Waals surface area contributed by atoms with Crippen molar-refractivity contribution in [1.82, 2.24) is 30.2 Å². The minimum Gasteiger partial charge on any atom is -0.480 e. The molecule has 0 aliphatic carbocycles. The summed E-state index contributed by atoms with van der Waals surface area (Å²) in [5.74, 6) is 0.933. The molecule has 0 radical (unpaired) electrons. The highest BCUT2D eigenvalue weighted by molar-refractivity contribution is 7.98. The molecule has 0 aliphatic heterocycles. The van der Waals surface area contributed by atoms with E-state index in [2.05, 4.69) is 35.6 Å². The third kappa shape index (κ3) is 5.52. The minimum absolute atomic E-state index is 0.196. The van der Waals surface area contributed by atoms with Gasteiger partial charge in [0, 0.05) is 31.3 Å². The highest BCUT2D eigenvalue weighted by atomic mass is 35.5. The van der Waals surface area contributed by atoms with E-state index in [-0.39, 0.29) is 12.5 Å². The Bertz CT molecular complexity index is 991. The van der Waals surface area contributed by atoms with Crippen molar-refractivity contribution in [3.05, 3.63) is 58.9 Å². The van der Waals surface area contributed by atoms with Crippen LogP contribution in [0.2, 0.25) is 5.02 Å². The number of anilines is 1. The summed E-state index contributed by atoms with van der Waals surface area (Å²) in [5.41, 5.74) is 1.12. The molecule has 0 aromatic carbocycles. The number of carbonyl (C=O) groups is 1. The topological polar surface area (TPSA) is 115 Å². The Hall–Kier alpha value is -2.98. The second-order valence-electron chi connectivity index (χ2n) is 5.65. The van der Waals surface area contributed by atoms with Crippen molar-refractivity contribution in [2.75, 3.05) is 18.7 Å². The zero-order chi connectivity index (χ0) is 20.6. The maximum Gasteiger partial charge on any atom is 0.256 e. The molecule has 0 unspecified atom stereocenters. The molecule has 1 amide bonds. The Labute approximate surface area is 176 Å². The molecule has 0 saturated heterocycles. The summed E-state index contributed by atoms with van der Waals surface area (Å²) in [5, 5.41) is 6.87. The lowest BCUT2D eigenvalue weighted by Crippen LogP contribution is -2.25. The van der Waals surface area contributed by atoms with E-state index in [0.29, 0.717) is 39.8 Å². The summed E-state index contributed by atoms with van der Waals surface area (Å²) in [6.45, 7) is 0.561. The molecule has 9 nitrogen and oxygen atoms in total. The molecule has 0 atom stereocenters. The monoisotopic (exact) mass is 431 g/mol. The van der Waals surface area contributed by atoms with E-state index in [1.807, 2.05) is 6.26 Å². The average molecular weight is 432 g/mol. The van der Waals surface area contributed by atoms with Crippen LogP contribution in [0.5, 0.6) is 5.88 Å². The number of pyridine rings is 1. The van der Waals surface area contributed by atoms with Gasteiger partial charge in [-0.05, 0) is 24.0 Å². The number of methoxy groups -OCH3 is 1. The van der Waals surface area contributed by atoms with Crippen LogP contribution in [0.1, 0.15) is 21.7 Å². The Balaban J connectivity index is 1.74. The fraction of sp³-hybridized carbons (Fsp3) is 0.222. The van der Waals surface area contributed by atoms with Crippen LogP contribution in [0.25, 0.3) is 0 Å². The molecular formula is C18H18ClN7O2S. The van der Waals surface area contributed by atoms with Crippen molar-refractivity contribution in [3.8, 4) is 5.88 Å². The Morgan fingerprint density at radius 1 is 1.17 bits per heavy atom. The van der Waals surface area contributed by atoms with Gasteiger partial charge in [-0.25, -0.2) is 24.9 Å². The molecule has 3 aromatic heterocycles. The molecule has 0 spiro atoms. The van der Waals surface area contributed by atoms with E-state index in [9.17, 15) is 4.79 Å². The van der Waals surface area contributed by atoms with E-state index in [1.54, 1.807) is 30.7 Å². The van der Waals surface area contributed by atoms with Gasteiger partial charge in [-0.2, -0.15) is 0 Å². The van der Waals surface area contributed by atoms with Crippen molar-refractivity contribution in [2.45, 2.75) is 18.2 Å². The van der Waals surface area contributed by atoms with E-state index < -0.39 is 0 Å². The zero-order valence-electron chi connectivity index (χ0n) is 15.7. The van der Waals surface area contributed by atoms with Gasteiger partial charge in [-0.1, -0.05) is 23.4 Å². The first-order valence-corrected chi connectivity index (χ1v) is 10.1. The maximum absolute atomic E-state index is 12.6. The van der Waals surface area contributed by atoms with Crippen molar-refractivity contribution in [3.63, 3.8) is 0 Å². The normalized spacial score (nSPS) is 10.4. The standard InChI is InChI=1S/C18H18ClN7O2S/c1-28-17-13(19)6-11(8-24-17)7-22-15-12(9-25-18(26-15)29-2)16(27)23-10-14-20-4-3-5-21-14/h3-6,8-9H,7,10H2,1-2H3,(H,23,27)(H,22,25,26). The number of rotatable bonds is 8. The van der Waals surface area contributed by atoms with Gasteiger partial charge in [0.25, 0.3) is 5.91 Å². The second kappa shape index (κ2) is 9.99. The van der Waals surface area contributed by atoms with Crippen LogP contribution < -0.4 is 15.4 Å². The van der Waals surface area contributed by atoms with Gasteiger partial charge in [0.05, 0.1) is 13.7 Å². The van der Waals surface area contributed by atoms with Gasteiger partial charge in [-0.3, -0.25) is 4.79 Å². The first-order chi connectivity index (χ1) is 14.1. The molecular weight excluding hydrogens is 414 g/mol. The number of ether oxygens (including phenoxy) is 1. The number of nitrogens with zero attached hydrogens (tertiary/aromatic N) is 5. The highest BCUT2D eigenvalue weighted by Gasteiger charge is 2.15. The molecule has 0 aliphatic rings. The van der Waals surface area contributed by atoms with E-state index in [4.69, 9.17) is 16.3 Å². The van der Waals surface area contributed by atoms with Gasteiger partial charge in [0.2, 0.25) is 5.88 Å². The summed E-state index contributed by atoms with van der Waals surface area (Å²) in [4.78, 5) is 33.6. The number of nitrogens with one attached hydrogen (secondary N) is 2. The molecule has 3 rings (SSSR count). The van der Waals surface area contributed by atoms with Gasteiger partial charge in [0.15, 0.2) is 5.16 Å². The molecule has 0 bridgehead atoms. The fourth-order valence-corrected chi connectivity index (χ4v) is 2.95. The summed E-state index contributed by atoms with van der Waals surface area (Å²) in [7, 11) is 1.50. The fourth-order valence-electron chi connectivity index (χ4n) is 2.34. The van der Waals surface area contributed by atoms with Crippen molar-refractivity contribution in [1.29, 1.82) is 0 Å². The van der Waals surface area contributed by atoms with Crippen molar-refractivity contribution in [2.24, 2.45) is 0 Å². The van der Waals surface area contributed by atoms with E-state index in [1.165, 1.54) is 25.1 Å². The lowest BCUT2D eigenvalue weighted by molar-refractivity contribution is 0.0949. The molecule has 150 valence electrons. The summed E-state index contributed by atoms with van der Waals surface area (Å²) in [6, 6.07) is 3.45. The molecule has 2 N–H and O–H groups in total. The Kier molecular flexibility index (Phi) is 7.14. The number of halogens is 1. The molecule has 29 heavy (non-hydrogen) atoms. The third-order valence-corrected chi connectivity index (χ3v) is 4.57. The molecule has 11 heteroatoms. The van der Waals surface area contributed by atoms with E-state index >= 15 is 0 Å². The molecule has 3 heterocycles. The van der Waals surface area contributed by atoms with Crippen LogP contribution in [0.3, 0.4) is 0 Å². The summed E-state index contributed by atoms with van der Waals surface area (Å²) in [6.07, 6.45) is 8.22. The van der Waals surface area contributed by atoms with E-state index in [0.717, 1.165) is 5.56 Å². The lowest BCUT2D eigenvalue weighted by atomic mass is 10.2. The molecule has 0 fully saturated rings. The zero-order valence-corrected chi connectivity index (χ0v) is 17.3. The van der Waals surface area contributed by atoms with Gasteiger partial charge >= 0.3 is 0 Å². The van der Waals surface area contributed by atoms with Crippen molar-refractivity contribution >= 4 is 35.1 Å². The van der Waals surface area contributed by atoms with Crippen molar-refractivity contribution < 1.29 is 9.53 Å². The smallest absolute Gasteiger partial charge is 0.256 e. The lowest BCUT2D eigenvalue weighted by Gasteiger charge is -2.12. The average Bonchev–Trinajstić information content (AvgIpc) is 2.76. The molecule has 0 saturated carbocycles. The number of carbonyl (C=O) groups excluding carboxylic acids is 1. The minimum atomic E-state index is -0.335. The van der Waals surface area contributed by atoms with Crippen LogP contribution in [0, 0.1) is 0 Å². The van der Waals surface area contributed by atoms with Gasteiger partial charge in [0.1, 0.15) is 22.2 Å². The predicted molar refractivity (Wildman–Crippen MR) is 110 cm³/mol. The first kappa shape index (κ1) is 20.7. The largest absolute Gasteiger partial charge is 0.480 e. The van der Waals surface area contributed by atoms with Crippen LogP contribution in [-0.4, -0.2) is 44.2 Å². The Morgan fingerprint density at radius 2 is 1.97 bits per heavy atom. The van der Waals surface area contributed by atoms with Crippen LogP contribution in [0.4, 0.5) is 5.82 Å². The summed E-state index contributed by atoms with van der Waals surface area (Å²) >= 11 is 7.50. The highest BCUT2D eigenvalue weighted by Crippen LogP contribution is 2.23. The quantitative estimate of drug-likeness (QED) is 0.410. The Morgan fingerprint density at radius 3 is 2.66 bits per heavy atom. The number of amides is 1. The van der Waals surface area contributed by atoms with Crippen LogP contribution in [-0.2, 0) is 13.1 Å². The SMILES string of the molecule is COc1ncc(CNc2nc(SC)ncc2C(=O)NCc2ncccn2)cc1Cl. The second-order valence-corrected chi connectivity index (χ2v) is 6.84. The van der Waals surface area contributed by atoms with Gasteiger partial charge in [-0.15, -0.1) is 0 Å².